The van der Waals surface area contributed by atoms with Crippen LogP contribution >= 0.6 is 41.2 Å². The summed E-state index contributed by atoms with van der Waals surface area (Å²) in [7, 11) is 6.38. The van der Waals surface area contributed by atoms with E-state index in [4.69, 9.17) is 9.47 Å². The summed E-state index contributed by atoms with van der Waals surface area (Å²) in [6.07, 6.45) is -2.42. The highest BCUT2D eigenvalue weighted by atomic mass is 33.7. The summed E-state index contributed by atoms with van der Waals surface area (Å²) in [5.41, 5.74) is -4.64. The molecule has 0 aromatic heterocycles. The SMILES string of the molecule is CC(=O)OC[C@@]12SSSS[C@]3(C[C@@]4(O)[C@H](O)[C@@]5(CN4C3C1=O)O[C@H](C)C(C)(C)C5=O)C(=O)N2C. The molecule has 1 unspecified atom stereocenters. The molecule has 0 aromatic carbocycles. The highest BCUT2D eigenvalue weighted by molar-refractivity contribution is 9.26. The summed E-state index contributed by atoms with van der Waals surface area (Å²) in [4.78, 5) is 54.3. The molecule has 6 rings (SSSR count). The second-order valence-electron chi connectivity index (χ2n) is 10.2. The van der Waals surface area contributed by atoms with Crippen LogP contribution in [-0.2, 0) is 28.7 Å². The molecular formula is C20H26N2O8S4. The van der Waals surface area contributed by atoms with Crippen LogP contribution in [0, 0.1) is 5.41 Å². The molecule has 2 spiro atoms. The van der Waals surface area contributed by atoms with Crippen LogP contribution in [0.2, 0.25) is 0 Å². The number of likely N-dealkylation sites (N-methyl/N-ethyl adjacent to an activating group) is 1. The number of esters is 1. The number of ketones is 2. The van der Waals surface area contributed by atoms with Gasteiger partial charge in [-0.25, -0.2) is 0 Å². The highest BCUT2D eigenvalue weighted by Gasteiger charge is 2.82. The van der Waals surface area contributed by atoms with E-state index in [1.807, 2.05) is 0 Å². The van der Waals surface area contributed by atoms with Crippen LogP contribution in [0.25, 0.3) is 0 Å². The lowest BCUT2D eigenvalue weighted by Crippen LogP contribution is -2.74. The third-order valence-electron chi connectivity index (χ3n) is 8.13. The van der Waals surface area contributed by atoms with Crippen LogP contribution in [-0.4, -0.2) is 103 Å². The molecule has 14 heteroatoms. The van der Waals surface area contributed by atoms with E-state index >= 15 is 0 Å². The Morgan fingerprint density at radius 1 is 1.24 bits per heavy atom. The third-order valence-corrected chi connectivity index (χ3v) is 15.5. The van der Waals surface area contributed by atoms with E-state index < -0.39 is 62.3 Å². The van der Waals surface area contributed by atoms with Gasteiger partial charge in [-0.1, -0.05) is 24.6 Å². The van der Waals surface area contributed by atoms with Gasteiger partial charge in [-0.2, -0.15) is 0 Å². The number of amides is 1. The predicted molar refractivity (Wildman–Crippen MR) is 128 cm³/mol. The van der Waals surface area contributed by atoms with Crippen LogP contribution in [0.3, 0.4) is 0 Å². The third kappa shape index (κ3) is 2.79. The first-order valence-corrected chi connectivity index (χ1v) is 15.6. The van der Waals surface area contributed by atoms with Gasteiger partial charge in [0.15, 0.2) is 27.8 Å². The van der Waals surface area contributed by atoms with Gasteiger partial charge in [0.05, 0.1) is 17.6 Å². The zero-order valence-corrected chi connectivity index (χ0v) is 22.5. The number of carbonyl (C=O) groups excluding carboxylic acids is 4. The topological polar surface area (TPSA) is 134 Å². The van der Waals surface area contributed by atoms with Crippen LogP contribution < -0.4 is 0 Å². The van der Waals surface area contributed by atoms with Crippen molar-refractivity contribution in [1.82, 2.24) is 9.80 Å². The summed E-state index contributed by atoms with van der Waals surface area (Å²) < 4.78 is 9.90. The second-order valence-corrected chi connectivity index (χ2v) is 16.4. The molecule has 6 aliphatic heterocycles. The summed E-state index contributed by atoms with van der Waals surface area (Å²) in [6, 6.07) is -1.15. The zero-order valence-electron chi connectivity index (χ0n) is 19.2. The van der Waals surface area contributed by atoms with E-state index in [2.05, 4.69) is 0 Å². The van der Waals surface area contributed by atoms with Gasteiger partial charge < -0.3 is 24.6 Å². The normalized spacial score (nSPS) is 47.7. The molecule has 188 valence electrons. The predicted octanol–water partition coefficient (Wildman–Crippen LogP) is 0.607. The van der Waals surface area contributed by atoms with Crippen molar-refractivity contribution >= 4 is 64.7 Å². The fraction of sp³-hybridized carbons (Fsp3) is 0.800. The minimum absolute atomic E-state index is 0.223. The number of piperidine rings is 1. The number of Topliss-reactive ketones (excluding diaryl/α,β-unsaturated/α-hetero) is 2. The largest absolute Gasteiger partial charge is 0.462 e. The number of hydrogen-bond acceptors (Lipinski definition) is 13. The number of aliphatic hydroxyl groups is 2. The summed E-state index contributed by atoms with van der Waals surface area (Å²) in [5, 5.41) is 23.3. The number of carbonyl (C=O) groups is 4. The van der Waals surface area contributed by atoms with Gasteiger partial charge in [-0.15, -0.1) is 0 Å². The molecule has 0 aromatic rings. The fourth-order valence-corrected chi connectivity index (χ4v) is 13.9. The van der Waals surface area contributed by atoms with Gasteiger partial charge in [-0.05, 0) is 37.4 Å². The van der Waals surface area contributed by atoms with Crippen molar-refractivity contribution in [2.24, 2.45) is 5.41 Å². The molecule has 6 fully saturated rings. The molecule has 10 nitrogen and oxygen atoms in total. The number of nitrogens with zero attached hydrogens (tertiary/aromatic N) is 2. The van der Waals surface area contributed by atoms with Gasteiger partial charge in [0.25, 0.3) is 0 Å². The molecule has 1 amide bonds. The van der Waals surface area contributed by atoms with Gasteiger partial charge >= 0.3 is 5.97 Å². The Kier molecular flexibility index (Phi) is 5.57. The van der Waals surface area contributed by atoms with E-state index in [1.54, 1.807) is 20.8 Å². The number of fused-ring (bicyclic) bond motifs is 5. The smallest absolute Gasteiger partial charge is 0.302 e. The average molecular weight is 551 g/mol. The molecule has 34 heavy (non-hydrogen) atoms. The van der Waals surface area contributed by atoms with Gasteiger partial charge in [0, 0.05) is 26.9 Å². The highest BCUT2D eigenvalue weighted by Crippen LogP contribution is 2.68. The van der Waals surface area contributed by atoms with Crippen molar-refractivity contribution < 1.29 is 38.9 Å². The minimum atomic E-state index is -2.03. The van der Waals surface area contributed by atoms with E-state index in [0.717, 1.165) is 10.8 Å². The minimum Gasteiger partial charge on any atom is -0.462 e. The van der Waals surface area contributed by atoms with Gasteiger partial charge in [-0.3, -0.25) is 24.1 Å². The van der Waals surface area contributed by atoms with Crippen molar-refractivity contribution in [1.29, 1.82) is 0 Å². The van der Waals surface area contributed by atoms with Gasteiger partial charge in [0.2, 0.25) is 5.91 Å². The Balaban J connectivity index is 1.62. The maximum Gasteiger partial charge on any atom is 0.302 e. The van der Waals surface area contributed by atoms with E-state index in [-0.39, 0.29) is 25.4 Å². The summed E-state index contributed by atoms with van der Waals surface area (Å²) in [5.74, 6) is -1.75. The lowest BCUT2D eigenvalue weighted by atomic mass is 9.75. The van der Waals surface area contributed by atoms with Crippen molar-refractivity contribution in [3.05, 3.63) is 0 Å². The molecule has 2 N–H and O–H groups in total. The van der Waals surface area contributed by atoms with Crippen LogP contribution in [0.1, 0.15) is 34.1 Å². The average Bonchev–Trinajstić information content (AvgIpc) is 3.21. The first kappa shape index (κ1) is 25.2. The molecule has 2 bridgehead atoms. The summed E-state index contributed by atoms with van der Waals surface area (Å²) >= 11 is 0. The Morgan fingerprint density at radius 3 is 2.47 bits per heavy atom. The quantitative estimate of drug-likeness (QED) is 0.368. The monoisotopic (exact) mass is 550 g/mol. The van der Waals surface area contributed by atoms with Crippen molar-refractivity contribution in [3.63, 3.8) is 0 Å². The van der Waals surface area contributed by atoms with E-state index in [1.165, 1.54) is 54.2 Å². The summed E-state index contributed by atoms with van der Waals surface area (Å²) in [6.45, 7) is 5.85. The first-order valence-electron chi connectivity index (χ1n) is 10.8. The number of ether oxygens (including phenoxy) is 2. The van der Waals surface area contributed by atoms with Crippen molar-refractivity contribution in [2.75, 3.05) is 20.2 Å². The van der Waals surface area contributed by atoms with Crippen molar-refractivity contribution in [3.8, 4) is 0 Å². The number of rotatable bonds is 2. The maximum absolute atomic E-state index is 14.2. The van der Waals surface area contributed by atoms with E-state index in [9.17, 15) is 29.4 Å². The van der Waals surface area contributed by atoms with Crippen LogP contribution in [0.4, 0.5) is 0 Å². The van der Waals surface area contributed by atoms with E-state index in [0.29, 0.717) is 0 Å². The zero-order chi connectivity index (χ0) is 25.1. The van der Waals surface area contributed by atoms with Gasteiger partial charge in [0.1, 0.15) is 17.5 Å². The lowest BCUT2D eigenvalue weighted by molar-refractivity contribution is -0.172. The molecule has 0 aliphatic carbocycles. The number of aliphatic hydroxyl groups excluding tert-OH is 1. The van der Waals surface area contributed by atoms with Crippen LogP contribution in [0.15, 0.2) is 0 Å². The Bertz CT molecular complexity index is 1010. The van der Waals surface area contributed by atoms with Crippen molar-refractivity contribution in [2.45, 2.75) is 73.3 Å². The standard InChI is InChI=1S/C20H26N2O8S4/c1-9-16(3,4)13(25)17(30-9)7-22-11-12(24)20(8-29-10(2)23)21(5)15(27)18(11,31-33-34-32-20)6-19(22,28)14(17)26/h9,11,14,26,28H,6-8H2,1-5H3/t9-,11?,14-,17+,18+,19-,20-/m1/s1. The molecule has 0 saturated carbocycles. The number of hydrogen-bond donors (Lipinski definition) is 2. The molecule has 7 atom stereocenters. The lowest BCUT2D eigenvalue weighted by Gasteiger charge is -2.52. The fourth-order valence-electron chi connectivity index (χ4n) is 5.92. The molecule has 6 saturated heterocycles. The first-order chi connectivity index (χ1) is 15.7. The Labute approximate surface area is 211 Å². The molecule has 6 heterocycles. The van der Waals surface area contributed by atoms with Crippen LogP contribution in [0.5, 0.6) is 0 Å². The molecule has 0 radical (unpaired) electrons. The second kappa shape index (κ2) is 7.53. The molecule has 6 aliphatic rings. The maximum atomic E-state index is 14.2. The Hall–Kier alpha value is -0.480. The Morgan fingerprint density at radius 2 is 1.88 bits per heavy atom. The molecular weight excluding hydrogens is 524 g/mol.